The van der Waals surface area contributed by atoms with Crippen LogP contribution in [0.25, 0.3) is 0 Å². The first-order chi connectivity index (χ1) is 31.5. The van der Waals surface area contributed by atoms with Crippen LogP contribution in [0.15, 0.2) is 24.3 Å². The summed E-state index contributed by atoms with van der Waals surface area (Å²) < 4.78 is 21.8. The van der Waals surface area contributed by atoms with Crippen molar-refractivity contribution in [1.82, 2.24) is 4.90 Å². The molecule has 0 aliphatic rings. The van der Waals surface area contributed by atoms with E-state index in [1.165, 1.54) is 19.3 Å². The van der Waals surface area contributed by atoms with Gasteiger partial charge in [-0.25, -0.2) is 4.79 Å². The summed E-state index contributed by atoms with van der Waals surface area (Å²) in [5, 5.41) is 20.4. The smallest absolute Gasteiger partial charge is 0.481 e. The van der Waals surface area contributed by atoms with Crippen molar-refractivity contribution in [2.45, 2.75) is 221 Å². The molecule has 0 saturated heterocycles. The Balaban J connectivity index is 5.20. The minimum absolute atomic E-state index is 0.00601. The van der Waals surface area contributed by atoms with Crippen LogP contribution >= 0.6 is 0 Å². The second-order valence-corrected chi connectivity index (χ2v) is 18.0. The fourth-order valence-corrected chi connectivity index (χ4v) is 8.05. The third-order valence-electron chi connectivity index (χ3n) is 12.4. The summed E-state index contributed by atoms with van der Waals surface area (Å²) in [6.07, 6.45) is 31.6. The monoisotopic (exact) mass is 922 g/mol. The third-order valence-corrected chi connectivity index (χ3v) is 12.4. The molecule has 378 valence electrons. The number of ether oxygens (including phenoxy) is 4. The van der Waals surface area contributed by atoms with E-state index in [9.17, 15) is 34.2 Å². The molecule has 0 amide bonds. The molecule has 0 aliphatic heterocycles. The zero-order chi connectivity index (χ0) is 48.2. The average molecular weight is 922 g/mol. The number of hydrogen-bond donors (Lipinski definition) is 2. The Morgan fingerprint density at radius 2 is 1.02 bits per heavy atom. The number of carboxylic acids is 2. The first-order valence-electron chi connectivity index (χ1n) is 26.1. The van der Waals surface area contributed by atoms with Crippen molar-refractivity contribution in [3.63, 3.8) is 0 Å². The maximum Gasteiger partial charge on any atom is 0.508 e. The average Bonchev–Trinajstić information content (AvgIpc) is 3.29. The van der Waals surface area contributed by atoms with E-state index in [1.54, 1.807) is 0 Å². The fraction of sp³-hybridized carbons (Fsp3) is 0.830. The molecule has 0 radical (unpaired) electrons. The Labute approximate surface area is 395 Å². The molecule has 0 aliphatic carbocycles. The fourth-order valence-electron chi connectivity index (χ4n) is 8.05. The number of esters is 2. The van der Waals surface area contributed by atoms with E-state index in [2.05, 4.69) is 63.8 Å². The molecule has 12 heteroatoms. The molecule has 0 bridgehead atoms. The number of hydrogen-bond acceptors (Lipinski definition) is 10. The van der Waals surface area contributed by atoms with E-state index in [4.69, 9.17) is 18.9 Å². The second kappa shape index (κ2) is 43.2. The van der Waals surface area contributed by atoms with Crippen molar-refractivity contribution in [2.75, 3.05) is 46.1 Å². The highest BCUT2D eigenvalue weighted by Gasteiger charge is 2.37. The molecule has 0 aromatic rings. The number of carbonyl (C=O) groups excluding carboxylic acids is 3. The number of rotatable bonds is 46. The third kappa shape index (κ3) is 35.5. The van der Waals surface area contributed by atoms with Gasteiger partial charge in [-0.3, -0.25) is 19.2 Å². The van der Waals surface area contributed by atoms with Gasteiger partial charge in [0.2, 0.25) is 0 Å². The highest BCUT2D eigenvalue weighted by molar-refractivity contribution is 5.75. The lowest BCUT2D eigenvalue weighted by molar-refractivity contribution is -0.153. The highest BCUT2D eigenvalue weighted by atomic mass is 16.7. The summed E-state index contributed by atoms with van der Waals surface area (Å²) in [7, 11) is 0. The molecule has 3 unspecified atom stereocenters. The van der Waals surface area contributed by atoms with E-state index in [0.29, 0.717) is 51.4 Å². The molecule has 0 heterocycles. The quantitative estimate of drug-likeness (QED) is 0.0257. The summed E-state index contributed by atoms with van der Waals surface area (Å²) in [4.78, 5) is 65.3. The van der Waals surface area contributed by atoms with Gasteiger partial charge in [0.15, 0.2) is 0 Å². The Bertz CT molecular complexity index is 1270. The molecular formula is C53H95NO11. The number of nitrogens with zero attached hydrogens (tertiary/aromatic N) is 1. The van der Waals surface area contributed by atoms with Gasteiger partial charge >= 0.3 is 30.0 Å². The Kier molecular flexibility index (Phi) is 40.9. The van der Waals surface area contributed by atoms with Gasteiger partial charge in [0, 0.05) is 19.4 Å². The number of allylic oxidation sites excluding steroid dienone is 4. The normalized spacial score (nSPS) is 13.5. The van der Waals surface area contributed by atoms with Gasteiger partial charge in [-0.15, -0.1) is 0 Å². The molecule has 0 saturated carbocycles. The number of aliphatic carboxylic acids is 2. The van der Waals surface area contributed by atoms with Gasteiger partial charge in [0.1, 0.15) is 19.8 Å². The lowest BCUT2D eigenvalue weighted by atomic mass is 9.73. The van der Waals surface area contributed by atoms with Crippen molar-refractivity contribution in [3.8, 4) is 0 Å². The van der Waals surface area contributed by atoms with E-state index in [1.807, 2.05) is 0 Å². The molecular weight excluding hydrogens is 827 g/mol. The molecule has 0 spiro atoms. The van der Waals surface area contributed by atoms with Crippen LogP contribution in [0.5, 0.6) is 0 Å². The zero-order valence-electron chi connectivity index (χ0n) is 41.9. The largest absolute Gasteiger partial charge is 0.508 e. The molecule has 12 nitrogen and oxygen atoms in total. The minimum Gasteiger partial charge on any atom is -0.481 e. The van der Waals surface area contributed by atoms with Gasteiger partial charge in [-0.2, -0.15) is 0 Å². The summed E-state index contributed by atoms with van der Waals surface area (Å²) in [6, 6.07) is 0. The van der Waals surface area contributed by atoms with Crippen LogP contribution in [0.2, 0.25) is 0 Å². The van der Waals surface area contributed by atoms with Gasteiger partial charge < -0.3 is 34.1 Å². The van der Waals surface area contributed by atoms with Crippen molar-refractivity contribution >= 4 is 30.0 Å². The summed E-state index contributed by atoms with van der Waals surface area (Å²) in [6.45, 7) is 13.0. The van der Waals surface area contributed by atoms with Crippen LogP contribution in [0.3, 0.4) is 0 Å². The van der Waals surface area contributed by atoms with Crippen molar-refractivity contribution in [3.05, 3.63) is 24.3 Å². The summed E-state index contributed by atoms with van der Waals surface area (Å²) in [5.74, 6) is -3.72. The molecule has 3 atom stereocenters. The number of carboxylic acid groups (broad SMARTS) is 2. The number of carbonyl (C=O) groups is 5. The standard InChI is InChI=1S/C53H95NO11/c1-6-11-14-17-18-19-20-21-22-23-24-25-26-27-29-36-48(55)63-43-46(45-65-52(61)62-42-33-41-54(9-4)10-5)44-64-49(56)37-32-40-53(51(59)60,38-30-16-13-8-3)39-31-35-47(50(57)58)34-28-15-12-7-2/h18-19,21-22,46-47H,6-17,20,23-45H2,1-5H3,(H,57,58)(H,59,60)/b19-18-,22-21-. The predicted octanol–water partition coefficient (Wildman–Crippen LogP) is 13.4. The van der Waals surface area contributed by atoms with Crippen LogP contribution < -0.4 is 0 Å². The minimum atomic E-state index is -1.06. The van der Waals surface area contributed by atoms with E-state index in [0.717, 1.165) is 116 Å². The van der Waals surface area contributed by atoms with Crippen LogP contribution in [0.1, 0.15) is 221 Å². The maximum absolute atomic E-state index is 13.1. The van der Waals surface area contributed by atoms with Crippen LogP contribution in [0, 0.1) is 17.3 Å². The molecule has 0 rings (SSSR count). The topological polar surface area (TPSA) is 166 Å². The highest BCUT2D eigenvalue weighted by Crippen LogP contribution is 2.38. The van der Waals surface area contributed by atoms with E-state index >= 15 is 0 Å². The van der Waals surface area contributed by atoms with Gasteiger partial charge in [-0.1, -0.05) is 149 Å². The lowest BCUT2D eigenvalue weighted by Gasteiger charge is -2.30. The molecule has 0 aromatic heterocycles. The van der Waals surface area contributed by atoms with Crippen LogP contribution in [0.4, 0.5) is 4.79 Å². The Hall–Kier alpha value is -3.41. The first-order valence-corrected chi connectivity index (χ1v) is 26.1. The van der Waals surface area contributed by atoms with Crippen LogP contribution in [-0.4, -0.2) is 91.2 Å². The second-order valence-electron chi connectivity index (χ2n) is 18.0. The molecule has 2 N–H and O–H groups in total. The lowest BCUT2D eigenvalue weighted by Crippen LogP contribution is -2.32. The zero-order valence-corrected chi connectivity index (χ0v) is 41.9. The maximum atomic E-state index is 13.1. The van der Waals surface area contributed by atoms with Gasteiger partial charge in [0.25, 0.3) is 0 Å². The Morgan fingerprint density at radius 3 is 1.62 bits per heavy atom. The Morgan fingerprint density at radius 1 is 0.523 bits per heavy atom. The van der Waals surface area contributed by atoms with Crippen molar-refractivity contribution in [2.24, 2.45) is 17.3 Å². The molecule has 65 heavy (non-hydrogen) atoms. The van der Waals surface area contributed by atoms with Gasteiger partial charge in [-0.05, 0) is 96.6 Å². The van der Waals surface area contributed by atoms with E-state index < -0.39 is 41.3 Å². The van der Waals surface area contributed by atoms with Gasteiger partial charge in [0.05, 0.1) is 23.9 Å². The molecule has 0 aromatic carbocycles. The summed E-state index contributed by atoms with van der Waals surface area (Å²) in [5.41, 5.74) is -1.06. The summed E-state index contributed by atoms with van der Waals surface area (Å²) >= 11 is 0. The van der Waals surface area contributed by atoms with Crippen LogP contribution in [-0.2, 0) is 38.1 Å². The number of unbranched alkanes of at least 4 members (excludes halogenated alkanes) is 14. The first kappa shape index (κ1) is 61.6. The predicted molar refractivity (Wildman–Crippen MR) is 261 cm³/mol. The SMILES string of the molecule is CCCCC/C=C\C/C=C\CCCCCCCC(=O)OCC(COC(=O)CCCC(CCCCCC)(CCCC(CCCCCC)C(=O)O)C(=O)O)COC(=O)OCCCN(CC)CC. The van der Waals surface area contributed by atoms with E-state index in [-0.39, 0.29) is 51.7 Å². The molecule has 0 fully saturated rings. The van der Waals surface area contributed by atoms with Crippen molar-refractivity contribution in [1.29, 1.82) is 0 Å². The van der Waals surface area contributed by atoms with Crippen molar-refractivity contribution < 1.29 is 53.1 Å².